The molecule has 5 heteroatoms. The number of phenols is 1. The number of halogens is 1. The number of carbonyl (C=O) groups is 1. The van der Waals surface area contributed by atoms with Crippen molar-refractivity contribution in [3.05, 3.63) is 28.3 Å². The van der Waals surface area contributed by atoms with E-state index in [0.29, 0.717) is 0 Å². The fourth-order valence-electron chi connectivity index (χ4n) is 1.07. The van der Waals surface area contributed by atoms with E-state index in [4.69, 9.17) is 21.6 Å². The molecule has 0 unspecified atom stereocenters. The molecule has 0 saturated carbocycles. The Balaban J connectivity index is 3.31. The zero-order valence-corrected chi connectivity index (χ0v) is 8.71. The van der Waals surface area contributed by atoms with Crippen LogP contribution < -0.4 is 0 Å². The van der Waals surface area contributed by atoms with Gasteiger partial charge in [-0.3, -0.25) is 0 Å². The third kappa shape index (κ3) is 2.20. The van der Waals surface area contributed by atoms with Gasteiger partial charge in [0, 0.05) is 0 Å². The van der Waals surface area contributed by atoms with E-state index in [0.717, 1.165) is 0 Å². The van der Waals surface area contributed by atoms with Crippen LogP contribution in [0.1, 0.15) is 22.8 Å². The fourth-order valence-corrected chi connectivity index (χ4v) is 1.23. The van der Waals surface area contributed by atoms with Crippen molar-refractivity contribution in [2.75, 3.05) is 6.61 Å². The molecule has 0 bridgehead atoms. The van der Waals surface area contributed by atoms with Crippen molar-refractivity contribution in [1.29, 1.82) is 5.26 Å². The maximum Gasteiger partial charge on any atom is 0.343 e. The second-order valence-corrected chi connectivity index (χ2v) is 3.06. The first kappa shape index (κ1) is 11.3. The van der Waals surface area contributed by atoms with E-state index >= 15 is 0 Å². The zero-order valence-electron chi connectivity index (χ0n) is 7.95. The number of ether oxygens (including phenoxy) is 1. The molecule has 0 radical (unpaired) electrons. The summed E-state index contributed by atoms with van der Waals surface area (Å²) < 4.78 is 4.70. The first-order chi connectivity index (χ1) is 7.11. The van der Waals surface area contributed by atoms with Gasteiger partial charge in [-0.05, 0) is 19.1 Å². The topological polar surface area (TPSA) is 70.3 Å². The normalized spacial score (nSPS) is 9.40. The van der Waals surface area contributed by atoms with Crippen molar-refractivity contribution >= 4 is 17.6 Å². The molecule has 0 aromatic heterocycles. The van der Waals surface area contributed by atoms with Gasteiger partial charge in [-0.2, -0.15) is 5.26 Å². The van der Waals surface area contributed by atoms with Crippen LogP contribution in [0.25, 0.3) is 0 Å². The monoisotopic (exact) mass is 225 g/mol. The van der Waals surface area contributed by atoms with Gasteiger partial charge in [-0.1, -0.05) is 11.6 Å². The summed E-state index contributed by atoms with van der Waals surface area (Å²) in [6.45, 7) is 1.79. The summed E-state index contributed by atoms with van der Waals surface area (Å²) in [4.78, 5) is 11.4. The van der Waals surface area contributed by atoms with Crippen molar-refractivity contribution in [3.8, 4) is 11.8 Å². The maximum atomic E-state index is 11.4. The molecule has 78 valence electrons. The SMILES string of the molecule is CCOC(=O)c1c(C#N)ccc(Cl)c1O. The van der Waals surface area contributed by atoms with Crippen LogP contribution in [-0.4, -0.2) is 17.7 Å². The lowest BCUT2D eigenvalue weighted by Gasteiger charge is -2.06. The molecule has 0 aliphatic rings. The van der Waals surface area contributed by atoms with Crippen molar-refractivity contribution in [1.82, 2.24) is 0 Å². The van der Waals surface area contributed by atoms with E-state index in [1.54, 1.807) is 13.0 Å². The first-order valence-corrected chi connectivity index (χ1v) is 4.58. The van der Waals surface area contributed by atoms with Gasteiger partial charge in [0.1, 0.15) is 17.4 Å². The minimum Gasteiger partial charge on any atom is -0.505 e. The molecule has 0 saturated heterocycles. The Hall–Kier alpha value is -1.73. The second kappa shape index (κ2) is 4.67. The molecule has 0 heterocycles. The number of esters is 1. The Kier molecular flexibility index (Phi) is 3.53. The molecule has 1 aromatic rings. The fraction of sp³-hybridized carbons (Fsp3) is 0.200. The number of hydrogen-bond acceptors (Lipinski definition) is 4. The van der Waals surface area contributed by atoms with Gasteiger partial charge in [-0.25, -0.2) is 4.79 Å². The summed E-state index contributed by atoms with van der Waals surface area (Å²) in [6, 6.07) is 4.48. The van der Waals surface area contributed by atoms with Crippen LogP contribution in [0.4, 0.5) is 0 Å². The summed E-state index contributed by atoms with van der Waals surface area (Å²) in [5.41, 5.74) is -0.151. The van der Waals surface area contributed by atoms with E-state index in [2.05, 4.69) is 0 Å². The average Bonchev–Trinajstić information content (AvgIpc) is 2.22. The lowest BCUT2D eigenvalue weighted by Crippen LogP contribution is -2.07. The molecule has 0 fully saturated rings. The minimum atomic E-state index is -0.756. The quantitative estimate of drug-likeness (QED) is 0.783. The number of benzene rings is 1. The Morgan fingerprint density at radius 1 is 1.67 bits per heavy atom. The minimum absolute atomic E-state index is 0.0112. The maximum absolute atomic E-state index is 11.4. The molecule has 1 N–H and O–H groups in total. The molecule has 4 nitrogen and oxygen atoms in total. The third-order valence-electron chi connectivity index (χ3n) is 1.73. The van der Waals surface area contributed by atoms with Crippen LogP contribution in [-0.2, 0) is 4.74 Å². The van der Waals surface area contributed by atoms with E-state index in [9.17, 15) is 9.90 Å². The van der Waals surface area contributed by atoms with Crippen LogP contribution in [0.3, 0.4) is 0 Å². The van der Waals surface area contributed by atoms with Gasteiger partial charge >= 0.3 is 5.97 Å². The Labute approximate surface area is 91.7 Å². The second-order valence-electron chi connectivity index (χ2n) is 2.65. The van der Waals surface area contributed by atoms with E-state index in [-0.39, 0.29) is 22.8 Å². The van der Waals surface area contributed by atoms with Crippen LogP contribution in [0.5, 0.6) is 5.75 Å². The number of phenolic OH excluding ortho intramolecular Hbond substituents is 1. The molecule has 0 spiro atoms. The van der Waals surface area contributed by atoms with E-state index < -0.39 is 11.7 Å². The van der Waals surface area contributed by atoms with Gasteiger partial charge in [0.25, 0.3) is 0 Å². The predicted molar refractivity (Wildman–Crippen MR) is 53.8 cm³/mol. The summed E-state index contributed by atoms with van der Waals surface area (Å²) in [5, 5.41) is 18.3. The average molecular weight is 226 g/mol. The third-order valence-corrected chi connectivity index (χ3v) is 2.03. The Bertz CT molecular complexity index is 437. The number of hydrogen-bond donors (Lipinski definition) is 1. The highest BCUT2D eigenvalue weighted by Crippen LogP contribution is 2.30. The summed E-state index contributed by atoms with van der Waals surface area (Å²) >= 11 is 5.62. The first-order valence-electron chi connectivity index (χ1n) is 4.20. The number of rotatable bonds is 2. The lowest BCUT2D eigenvalue weighted by atomic mass is 10.1. The summed E-state index contributed by atoms with van der Waals surface area (Å²) in [5.74, 6) is -1.18. The largest absolute Gasteiger partial charge is 0.505 e. The smallest absolute Gasteiger partial charge is 0.343 e. The van der Waals surface area contributed by atoms with Crippen molar-refractivity contribution < 1.29 is 14.6 Å². The Morgan fingerprint density at radius 2 is 2.33 bits per heavy atom. The number of nitriles is 1. The standard InChI is InChI=1S/C10H8ClNO3/c1-2-15-10(14)8-6(5-12)3-4-7(11)9(8)13/h3-4,13H,2H2,1H3. The number of aromatic hydroxyl groups is 1. The van der Waals surface area contributed by atoms with E-state index in [1.807, 2.05) is 0 Å². The molecular formula is C10H8ClNO3. The molecule has 15 heavy (non-hydrogen) atoms. The van der Waals surface area contributed by atoms with Crippen molar-refractivity contribution in [2.45, 2.75) is 6.92 Å². The highest BCUT2D eigenvalue weighted by atomic mass is 35.5. The summed E-state index contributed by atoms with van der Waals surface area (Å²) in [7, 11) is 0. The highest BCUT2D eigenvalue weighted by Gasteiger charge is 2.19. The van der Waals surface area contributed by atoms with Crippen molar-refractivity contribution in [2.24, 2.45) is 0 Å². The molecule has 0 amide bonds. The van der Waals surface area contributed by atoms with Gasteiger partial charge in [0.2, 0.25) is 0 Å². The number of carbonyl (C=O) groups excluding carboxylic acids is 1. The lowest BCUT2D eigenvalue weighted by molar-refractivity contribution is 0.0522. The Morgan fingerprint density at radius 3 is 2.87 bits per heavy atom. The van der Waals surface area contributed by atoms with Crippen LogP contribution in [0, 0.1) is 11.3 Å². The molecule has 0 aliphatic carbocycles. The van der Waals surface area contributed by atoms with Crippen LogP contribution >= 0.6 is 11.6 Å². The van der Waals surface area contributed by atoms with Gasteiger partial charge in [-0.15, -0.1) is 0 Å². The molecule has 1 rings (SSSR count). The highest BCUT2D eigenvalue weighted by molar-refractivity contribution is 6.32. The summed E-state index contributed by atoms with van der Waals surface area (Å²) in [6.07, 6.45) is 0. The van der Waals surface area contributed by atoms with Gasteiger partial charge < -0.3 is 9.84 Å². The van der Waals surface area contributed by atoms with Crippen molar-refractivity contribution in [3.63, 3.8) is 0 Å². The van der Waals surface area contributed by atoms with Gasteiger partial charge in [0.05, 0.1) is 17.2 Å². The van der Waals surface area contributed by atoms with Crippen LogP contribution in [0.2, 0.25) is 5.02 Å². The molecule has 0 atom stereocenters. The molecular weight excluding hydrogens is 218 g/mol. The van der Waals surface area contributed by atoms with E-state index in [1.165, 1.54) is 12.1 Å². The zero-order chi connectivity index (χ0) is 11.4. The number of nitrogens with zero attached hydrogens (tertiary/aromatic N) is 1. The predicted octanol–water partition coefficient (Wildman–Crippen LogP) is 2.09. The van der Waals surface area contributed by atoms with Gasteiger partial charge in [0.15, 0.2) is 0 Å². The van der Waals surface area contributed by atoms with Crippen LogP contribution in [0.15, 0.2) is 12.1 Å². The molecule has 0 aliphatic heterocycles. The molecule has 1 aromatic carbocycles.